The molecule has 1 unspecified atom stereocenters. The summed E-state index contributed by atoms with van der Waals surface area (Å²) in [6.07, 6.45) is -0.197. The van der Waals surface area contributed by atoms with E-state index in [1.54, 1.807) is 0 Å². The van der Waals surface area contributed by atoms with Crippen molar-refractivity contribution in [2.45, 2.75) is 49.9 Å². The van der Waals surface area contributed by atoms with Crippen LogP contribution >= 0.6 is 0 Å². The molecule has 1 amide bonds. The number of carbonyl (C=O) groups excluding carboxylic acids is 1. The summed E-state index contributed by atoms with van der Waals surface area (Å²) in [5.74, 6) is -1.40. The average molecular weight is 305 g/mol. The lowest BCUT2D eigenvalue weighted by molar-refractivity contribution is -0.271. The third-order valence-corrected chi connectivity index (χ3v) is 3.80. The molecular weight excluding hydrogens is 287 g/mol. The van der Waals surface area contributed by atoms with E-state index in [1.165, 1.54) is 13.2 Å². The van der Waals surface area contributed by atoms with Crippen LogP contribution in [0.3, 0.4) is 0 Å². The van der Waals surface area contributed by atoms with Gasteiger partial charge < -0.3 is 15.0 Å². The van der Waals surface area contributed by atoms with Crippen LogP contribution < -0.4 is 5.32 Å². The number of aromatic nitrogens is 2. The van der Waals surface area contributed by atoms with Crippen molar-refractivity contribution in [1.82, 2.24) is 14.9 Å². The highest BCUT2D eigenvalue weighted by atomic mass is 19.4. The number of carbonyl (C=O) groups is 1. The van der Waals surface area contributed by atoms with Gasteiger partial charge in [-0.25, -0.2) is 4.98 Å². The Kier molecular flexibility index (Phi) is 4.27. The number of rotatable bonds is 4. The van der Waals surface area contributed by atoms with E-state index >= 15 is 0 Å². The summed E-state index contributed by atoms with van der Waals surface area (Å²) >= 11 is 0. The monoisotopic (exact) mass is 305 g/mol. The quantitative estimate of drug-likeness (QED) is 0.888. The first-order valence-corrected chi connectivity index (χ1v) is 6.80. The maximum atomic E-state index is 13.2. The van der Waals surface area contributed by atoms with Gasteiger partial charge in [-0.15, -0.1) is 0 Å². The lowest BCUT2D eigenvalue weighted by Gasteiger charge is -2.29. The first kappa shape index (κ1) is 15.8. The third kappa shape index (κ3) is 3.20. The van der Waals surface area contributed by atoms with E-state index < -0.39 is 29.9 Å². The van der Waals surface area contributed by atoms with Gasteiger partial charge in [0.05, 0.1) is 6.42 Å². The molecule has 1 heterocycles. The van der Waals surface area contributed by atoms with Crippen LogP contribution in [0.25, 0.3) is 0 Å². The Balaban J connectivity index is 2.17. The van der Waals surface area contributed by atoms with Crippen LogP contribution in [0, 0.1) is 0 Å². The molecule has 0 aromatic carbocycles. The van der Waals surface area contributed by atoms with Crippen molar-refractivity contribution in [2.24, 2.45) is 7.05 Å². The Labute approximate surface area is 120 Å². The van der Waals surface area contributed by atoms with Crippen molar-refractivity contribution < 1.29 is 23.1 Å². The van der Waals surface area contributed by atoms with Crippen LogP contribution in [0.4, 0.5) is 13.2 Å². The summed E-state index contributed by atoms with van der Waals surface area (Å²) in [6.45, 7) is 0. The Morgan fingerprint density at radius 3 is 2.57 bits per heavy atom. The predicted octanol–water partition coefficient (Wildman–Crippen LogP) is 1.62. The summed E-state index contributed by atoms with van der Waals surface area (Å²) in [6, 6.07) is -0.101. The van der Waals surface area contributed by atoms with Crippen LogP contribution in [0.5, 0.6) is 0 Å². The molecule has 1 saturated carbocycles. The molecule has 21 heavy (non-hydrogen) atoms. The summed E-state index contributed by atoms with van der Waals surface area (Å²) in [7, 11) is 1.34. The normalized spacial score (nSPS) is 19.5. The summed E-state index contributed by atoms with van der Waals surface area (Å²) in [5.41, 5.74) is -3.28. The lowest BCUT2D eigenvalue weighted by Crippen LogP contribution is -2.48. The van der Waals surface area contributed by atoms with Gasteiger partial charge in [-0.2, -0.15) is 13.2 Å². The van der Waals surface area contributed by atoms with Gasteiger partial charge in [0.2, 0.25) is 11.5 Å². The van der Waals surface area contributed by atoms with Crippen molar-refractivity contribution in [3.05, 3.63) is 18.2 Å². The molecule has 1 aromatic heterocycles. The number of halogens is 3. The van der Waals surface area contributed by atoms with Crippen molar-refractivity contribution >= 4 is 5.91 Å². The molecular formula is C13H18F3N3O2. The van der Waals surface area contributed by atoms with Gasteiger partial charge in [-0.3, -0.25) is 4.79 Å². The molecule has 1 fully saturated rings. The minimum atomic E-state index is -4.99. The molecule has 0 bridgehead atoms. The summed E-state index contributed by atoms with van der Waals surface area (Å²) < 4.78 is 40.8. The fourth-order valence-electron chi connectivity index (χ4n) is 2.65. The fourth-order valence-corrected chi connectivity index (χ4v) is 2.65. The minimum absolute atomic E-state index is 0.101. The Hall–Kier alpha value is -1.57. The van der Waals surface area contributed by atoms with Gasteiger partial charge in [-0.1, -0.05) is 12.8 Å². The van der Waals surface area contributed by atoms with E-state index in [1.807, 2.05) is 0 Å². The maximum absolute atomic E-state index is 13.2. The first-order chi connectivity index (χ1) is 9.74. The zero-order valence-corrected chi connectivity index (χ0v) is 11.7. The van der Waals surface area contributed by atoms with Crippen LogP contribution in [0.15, 0.2) is 12.4 Å². The molecule has 2 rings (SSSR count). The third-order valence-electron chi connectivity index (χ3n) is 3.80. The molecule has 118 valence electrons. The van der Waals surface area contributed by atoms with Gasteiger partial charge >= 0.3 is 6.18 Å². The van der Waals surface area contributed by atoms with Gasteiger partial charge in [0, 0.05) is 25.5 Å². The zero-order valence-electron chi connectivity index (χ0n) is 11.7. The standard InChI is InChI=1S/C13H18F3N3O2/c1-19-7-6-17-11(19)12(21,13(14,15)16)8-10(20)18-9-4-2-3-5-9/h6-7,9,21H,2-5,8H2,1H3,(H,18,20). The highest BCUT2D eigenvalue weighted by Gasteiger charge is 2.58. The highest BCUT2D eigenvalue weighted by molar-refractivity contribution is 5.77. The van der Waals surface area contributed by atoms with Crippen molar-refractivity contribution in [2.75, 3.05) is 0 Å². The number of amides is 1. The highest BCUT2D eigenvalue weighted by Crippen LogP contribution is 2.40. The number of nitrogens with one attached hydrogen (secondary N) is 1. The molecule has 0 aliphatic heterocycles. The van der Waals surface area contributed by atoms with Gasteiger partial charge in [0.25, 0.3) is 0 Å². The van der Waals surface area contributed by atoms with Gasteiger partial charge in [-0.05, 0) is 12.8 Å². The SMILES string of the molecule is Cn1ccnc1C(O)(CC(=O)NC1CCCC1)C(F)(F)F. The maximum Gasteiger partial charge on any atom is 0.425 e. The number of alkyl halides is 3. The van der Waals surface area contributed by atoms with E-state index in [4.69, 9.17) is 0 Å². The van der Waals surface area contributed by atoms with Gasteiger partial charge in [0.15, 0.2) is 5.82 Å². The summed E-state index contributed by atoms with van der Waals surface area (Å²) in [5, 5.41) is 12.6. The number of imidazole rings is 1. The Morgan fingerprint density at radius 2 is 2.10 bits per heavy atom. The zero-order chi connectivity index (χ0) is 15.7. The van der Waals surface area contributed by atoms with E-state index in [2.05, 4.69) is 10.3 Å². The van der Waals surface area contributed by atoms with Crippen LogP contribution in [-0.2, 0) is 17.4 Å². The molecule has 0 radical (unpaired) electrons. The molecule has 1 atom stereocenters. The Morgan fingerprint density at radius 1 is 1.48 bits per heavy atom. The van der Waals surface area contributed by atoms with E-state index in [-0.39, 0.29) is 6.04 Å². The lowest BCUT2D eigenvalue weighted by atomic mass is 9.97. The molecule has 1 aromatic rings. The van der Waals surface area contributed by atoms with Crippen molar-refractivity contribution in [3.63, 3.8) is 0 Å². The molecule has 5 nitrogen and oxygen atoms in total. The van der Waals surface area contributed by atoms with E-state index in [0.29, 0.717) is 0 Å². The molecule has 0 spiro atoms. The number of aryl methyl sites for hydroxylation is 1. The van der Waals surface area contributed by atoms with Crippen molar-refractivity contribution in [1.29, 1.82) is 0 Å². The number of hydrogen-bond donors (Lipinski definition) is 2. The number of nitrogens with zero attached hydrogens (tertiary/aromatic N) is 2. The minimum Gasteiger partial charge on any atom is -0.374 e. The smallest absolute Gasteiger partial charge is 0.374 e. The molecule has 1 aliphatic rings. The predicted molar refractivity (Wildman–Crippen MR) is 68.2 cm³/mol. The van der Waals surface area contributed by atoms with Crippen LogP contribution in [0.2, 0.25) is 0 Å². The summed E-state index contributed by atoms with van der Waals surface area (Å²) in [4.78, 5) is 15.4. The molecule has 1 aliphatic carbocycles. The largest absolute Gasteiger partial charge is 0.425 e. The number of hydrogen-bond acceptors (Lipinski definition) is 3. The molecule has 0 saturated heterocycles. The van der Waals surface area contributed by atoms with E-state index in [0.717, 1.165) is 36.4 Å². The number of aliphatic hydroxyl groups is 1. The Bertz CT molecular complexity index is 509. The van der Waals surface area contributed by atoms with Crippen LogP contribution in [-0.4, -0.2) is 32.8 Å². The molecule has 8 heteroatoms. The molecule has 2 N–H and O–H groups in total. The average Bonchev–Trinajstić information content (AvgIpc) is 2.98. The first-order valence-electron chi connectivity index (χ1n) is 6.80. The second-order valence-corrected chi connectivity index (χ2v) is 5.45. The topological polar surface area (TPSA) is 67.1 Å². The second-order valence-electron chi connectivity index (χ2n) is 5.45. The van der Waals surface area contributed by atoms with Crippen LogP contribution in [0.1, 0.15) is 37.9 Å². The second kappa shape index (κ2) is 5.67. The van der Waals surface area contributed by atoms with E-state index in [9.17, 15) is 23.1 Å². The fraction of sp³-hybridized carbons (Fsp3) is 0.692. The van der Waals surface area contributed by atoms with Gasteiger partial charge in [0.1, 0.15) is 0 Å². The van der Waals surface area contributed by atoms with Crippen molar-refractivity contribution in [3.8, 4) is 0 Å².